The number of rotatable bonds is 4. The molecule has 106 valence electrons. The zero-order valence-corrected chi connectivity index (χ0v) is 12.3. The zero-order valence-electron chi connectivity index (χ0n) is 10.7. The normalized spacial score (nSPS) is 18.8. The number of ether oxygens (including phenoxy) is 2. The van der Waals surface area contributed by atoms with Crippen LogP contribution in [0.15, 0.2) is 36.4 Å². The van der Waals surface area contributed by atoms with Crippen molar-refractivity contribution in [3.63, 3.8) is 0 Å². The molecule has 6 heteroatoms. The van der Waals surface area contributed by atoms with Gasteiger partial charge in [-0.05, 0) is 24.3 Å². The Labute approximate surface area is 126 Å². The van der Waals surface area contributed by atoms with E-state index in [0.717, 1.165) is 22.3 Å². The lowest BCUT2D eigenvalue weighted by Crippen LogP contribution is -2.51. The van der Waals surface area contributed by atoms with Crippen molar-refractivity contribution in [1.29, 1.82) is 0 Å². The molecule has 0 aliphatic carbocycles. The highest BCUT2D eigenvalue weighted by Gasteiger charge is 2.28. The largest absolute Gasteiger partial charge is 0.486 e. The lowest BCUT2D eigenvalue weighted by atomic mass is 10.1. The fraction of sp³-hybridized carbons (Fsp3) is 0.286. The molecule has 4 nitrogen and oxygen atoms in total. The van der Waals surface area contributed by atoms with Crippen molar-refractivity contribution in [2.45, 2.75) is 18.6 Å². The van der Waals surface area contributed by atoms with Crippen LogP contribution >= 0.6 is 22.9 Å². The van der Waals surface area contributed by atoms with Gasteiger partial charge >= 0.3 is 0 Å². The van der Waals surface area contributed by atoms with Gasteiger partial charge in [-0.3, -0.25) is 11.3 Å². The molecule has 0 fully saturated rings. The Morgan fingerprint density at radius 2 is 2.10 bits per heavy atom. The molecule has 0 saturated heterocycles. The van der Waals surface area contributed by atoms with Crippen LogP contribution in [-0.2, 0) is 6.42 Å². The lowest BCUT2D eigenvalue weighted by Gasteiger charge is -2.31. The molecule has 3 N–H and O–H groups in total. The monoisotopic (exact) mass is 310 g/mol. The summed E-state index contributed by atoms with van der Waals surface area (Å²) < 4.78 is 12.5. The van der Waals surface area contributed by atoms with Crippen LogP contribution in [0.4, 0.5) is 0 Å². The van der Waals surface area contributed by atoms with Gasteiger partial charge in [-0.25, -0.2) is 0 Å². The van der Waals surface area contributed by atoms with Crippen LogP contribution in [-0.4, -0.2) is 18.8 Å². The van der Waals surface area contributed by atoms with Gasteiger partial charge in [-0.15, -0.1) is 11.3 Å². The van der Waals surface area contributed by atoms with E-state index in [1.807, 2.05) is 36.4 Å². The van der Waals surface area contributed by atoms with Crippen LogP contribution in [0, 0.1) is 0 Å². The second-order valence-corrected chi connectivity index (χ2v) is 6.40. The van der Waals surface area contributed by atoms with Gasteiger partial charge in [0.05, 0.1) is 10.4 Å². The van der Waals surface area contributed by atoms with Crippen LogP contribution < -0.4 is 20.7 Å². The van der Waals surface area contributed by atoms with Gasteiger partial charge in [0.2, 0.25) is 0 Å². The molecule has 2 atom stereocenters. The number of halogens is 1. The van der Waals surface area contributed by atoms with E-state index in [0.29, 0.717) is 6.61 Å². The predicted octanol–water partition coefficient (Wildman–Crippen LogP) is 2.62. The molecule has 0 amide bonds. The van der Waals surface area contributed by atoms with E-state index in [-0.39, 0.29) is 12.1 Å². The molecule has 1 aliphatic heterocycles. The third-order valence-electron chi connectivity index (χ3n) is 3.24. The summed E-state index contributed by atoms with van der Waals surface area (Å²) in [5.41, 5.74) is 2.82. The first-order valence-corrected chi connectivity index (χ1v) is 7.54. The van der Waals surface area contributed by atoms with Gasteiger partial charge in [-0.1, -0.05) is 23.7 Å². The summed E-state index contributed by atoms with van der Waals surface area (Å²) in [5, 5.41) is 0. The van der Waals surface area contributed by atoms with Crippen molar-refractivity contribution < 1.29 is 9.47 Å². The van der Waals surface area contributed by atoms with E-state index in [1.165, 1.54) is 4.88 Å². The quantitative estimate of drug-likeness (QED) is 0.673. The van der Waals surface area contributed by atoms with Gasteiger partial charge in [0.1, 0.15) is 12.7 Å². The first kappa shape index (κ1) is 13.7. The number of hydrogen-bond donors (Lipinski definition) is 2. The molecule has 1 aromatic heterocycles. The van der Waals surface area contributed by atoms with Gasteiger partial charge in [0, 0.05) is 11.3 Å². The number of benzene rings is 1. The number of thiophene rings is 1. The topological polar surface area (TPSA) is 56.5 Å². The highest BCUT2D eigenvalue weighted by atomic mass is 35.5. The molecule has 1 aliphatic rings. The van der Waals surface area contributed by atoms with Crippen LogP contribution in [0.2, 0.25) is 4.34 Å². The van der Waals surface area contributed by atoms with Crippen molar-refractivity contribution in [2.75, 3.05) is 6.61 Å². The summed E-state index contributed by atoms with van der Waals surface area (Å²) in [5.74, 6) is 7.20. The standard InChI is InChI=1S/C14H15ClN2O2S/c15-14-6-5-9(20-14)7-10(17-16)13-8-18-11-3-1-2-4-12(11)19-13/h1-6,10,13,17H,7-8,16H2. The summed E-state index contributed by atoms with van der Waals surface area (Å²) in [6.45, 7) is 0.477. The smallest absolute Gasteiger partial charge is 0.161 e. The number of para-hydroxylation sites is 2. The van der Waals surface area contributed by atoms with Crippen molar-refractivity contribution in [1.82, 2.24) is 5.43 Å². The maximum Gasteiger partial charge on any atom is 0.161 e. The molecule has 2 aromatic rings. The van der Waals surface area contributed by atoms with E-state index in [2.05, 4.69) is 5.43 Å². The second-order valence-electron chi connectivity index (χ2n) is 4.60. The van der Waals surface area contributed by atoms with Crippen molar-refractivity contribution in [2.24, 2.45) is 5.84 Å². The predicted molar refractivity (Wildman–Crippen MR) is 80.5 cm³/mol. The second kappa shape index (κ2) is 6.01. The van der Waals surface area contributed by atoms with Crippen molar-refractivity contribution in [3.8, 4) is 11.5 Å². The van der Waals surface area contributed by atoms with Crippen molar-refractivity contribution >= 4 is 22.9 Å². The number of nitrogens with two attached hydrogens (primary N) is 1. The maximum absolute atomic E-state index is 5.97. The van der Waals surface area contributed by atoms with E-state index in [1.54, 1.807) is 11.3 Å². The molecular formula is C14H15ClN2O2S. The SMILES string of the molecule is NNC(Cc1ccc(Cl)s1)C1COc2ccccc2O1. The highest BCUT2D eigenvalue weighted by molar-refractivity contribution is 7.16. The van der Waals surface area contributed by atoms with Crippen LogP contribution in [0.3, 0.4) is 0 Å². The minimum Gasteiger partial charge on any atom is -0.486 e. The molecular weight excluding hydrogens is 296 g/mol. The fourth-order valence-electron chi connectivity index (χ4n) is 2.21. The lowest BCUT2D eigenvalue weighted by molar-refractivity contribution is 0.0622. The van der Waals surface area contributed by atoms with E-state index >= 15 is 0 Å². The molecule has 0 saturated carbocycles. The third kappa shape index (κ3) is 2.91. The fourth-order valence-corrected chi connectivity index (χ4v) is 3.36. The Morgan fingerprint density at radius 1 is 1.30 bits per heavy atom. The van der Waals surface area contributed by atoms with Crippen LogP contribution in [0.1, 0.15) is 4.88 Å². The minimum atomic E-state index is -0.129. The summed E-state index contributed by atoms with van der Waals surface area (Å²) in [6.07, 6.45) is 0.625. The van der Waals surface area contributed by atoms with E-state index in [4.69, 9.17) is 26.9 Å². The number of nitrogens with one attached hydrogen (secondary N) is 1. The summed E-state index contributed by atoms with van der Waals surface area (Å²) in [4.78, 5) is 1.17. The molecule has 20 heavy (non-hydrogen) atoms. The molecule has 2 heterocycles. The average molecular weight is 311 g/mol. The highest BCUT2D eigenvalue weighted by Crippen LogP contribution is 2.32. The van der Waals surface area contributed by atoms with Gasteiger partial charge in [0.25, 0.3) is 0 Å². The maximum atomic E-state index is 5.97. The Hall–Kier alpha value is -1.27. The summed E-state index contributed by atoms with van der Waals surface area (Å²) in [6, 6.07) is 11.5. The van der Waals surface area contributed by atoms with E-state index in [9.17, 15) is 0 Å². The van der Waals surface area contributed by atoms with E-state index < -0.39 is 0 Å². The first-order chi connectivity index (χ1) is 9.76. The third-order valence-corrected chi connectivity index (χ3v) is 4.50. The van der Waals surface area contributed by atoms with Gasteiger partial charge in [0.15, 0.2) is 11.5 Å². The molecule has 3 rings (SSSR count). The molecule has 0 spiro atoms. The first-order valence-electron chi connectivity index (χ1n) is 6.35. The number of fused-ring (bicyclic) bond motifs is 1. The molecule has 2 unspecified atom stereocenters. The molecule has 0 bridgehead atoms. The zero-order chi connectivity index (χ0) is 13.9. The van der Waals surface area contributed by atoms with Crippen LogP contribution in [0.5, 0.6) is 11.5 Å². The average Bonchev–Trinajstić information content (AvgIpc) is 2.89. The number of hydrazine groups is 1. The van der Waals surface area contributed by atoms with Crippen molar-refractivity contribution in [3.05, 3.63) is 45.6 Å². The Bertz CT molecular complexity index is 590. The Balaban J connectivity index is 1.71. The number of hydrogen-bond acceptors (Lipinski definition) is 5. The summed E-state index contributed by atoms with van der Waals surface area (Å²) >= 11 is 7.51. The minimum absolute atomic E-state index is 0.0296. The van der Waals surface area contributed by atoms with Crippen LogP contribution in [0.25, 0.3) is 0 Å². The Morgan fingerprint density at radius 3 is 2.80 bits per heavy atom. The Kier molecular flexibility index (Phi) is 4.12. The van der Waals surface area contributed by atoms with Gasteiger partial charge < -0.3 is 9.47 Å². The molecule has 0 radical (unpaired) electrons. The summed E-state index contributed by atoms with van der Waals surface area (Å²) in [7, 11) is 0. The molecule has 1 aromatic carbocycles. The van der Waals surface area contributed by atoms with Gasteiger partial charge in [-0.2, -0.15) is 0 Å².